The highest BCUT2D eigenvalue weighted by atomic mass is 35.5. The van der Waals surface area contributed by atoms with E-state index in [4.69, 9.17) is 10.5 Å². The second-order valence-corrected chi connectivity index (χ2v) is 4.02. The van der Waals surface area contributed by atoms with Crippen molar-refractivity contribution in [3.8, 4) is 0 Å². The number of hydrogen-bond donors (Lipinski definition) is 2. The van der Waals surface area contributed by atoms with Gasteiger partial charge in [0.05, 0.1) is 6.10 Å². The minimum Gasteiger partial charge on any atom is -0.375 e. The first-order valence-electron chi connectivity index (χ1n) is 5.74. The van der Waals surface area contributed by atoms with E-state index in [0.29, 0.717) is 13.1 Å². The standard InChI is InChI=1S/C13H20N2O2.ClH/c1-10(8-14)13(16)15-9-12(17-2)11-6-4-3-5-7-11;/h3-7,10,12H,8-9,14H2,1-2H3,(H,15,16);1H. The van der Waals surface area contributed by atoms with E-state index in [1.165, 1.54) is 0 Å². The highest BCUT2D eigenvalue weighted by Crippen LogP contribution is 2.14. The number of methoxy groups -OCH3 is 1. The molecule has 1 aromatic carbocycles. The molecule has 0 aromatic heterocycles. The molecule has 0 aliphatic rings. The molecule has 0 radical (unpaired) electrons. The van der Waals surface area contributed by atoms with Gasteiger partial charge in [-0.25, -0.2) is 0 Å². The summed E-state index contributed by atoms with van der Waals surface area (Å²) in [5, 5.41) is 2.84. The first kappa shape index (κ1) is 16.9. The van der Waals surface area contributed by atoms with Gasteiger partial charge in [0.1, 0.15) is 0 Å². The van der Waals surface area contributed by atoms with Crippen molar-refractivity contribution in [1.29, 1.82) is 0 Å². The summed E-state index contributed by atoms with van der Waals surface area (Å²) in [6.07, 6.45) is -0.120. The normalized spacial score (nSPS) is 13.3. The van der Waals surface area contributed by atoms with Crippen LogP contribution in [0.1, 0.15) is 18.6 Å². The number of carbonyl (C=O) groups is 1. The summed E-state index contributed by atoms with van der Waals surface area (Å²) in [5.41, 5.74) is 6.48. The number of amides is 1. The quantitative estimate of drug-likeness (QED) is 0.825. The highest BCUT2D eigenvalue weighted by Gasteiger charge is 2.14. The Morgan fingerprint density at radius 2 is 2.00 bits per heavy atom. The van der Waals surface area contributed by atoms with Crippen molar-refractivity contribution in [2.24, 2.45) is 11.7 Å². The third kappa shape index (κ3) is 5.04. The summed E-state index contributed by atoms with van der Waals surface area (Å²) < 4.78 is 5.35. The van der Waals surface area contributed by atoms with Gasteiger partial charge in [0, 0.05) is 26.1 Å². The van der Waals surface area contributed by atoms with Crippen LogP contribution in [0, 0.1) is 5.92 Å². The highest BCUT2D eigenvalue weighted by molar-refractivity contribution is 5.85. The predicted molar refractivity (Wildman–Crippen MR) is 74.7 cm³/mol. The Hall–Kier alpha value is -1.10. The number of nitrogens with two attached hydrogens (primary N) is 1. The number of carbonyl (C=O) groups excluding carboxylic acids is 1. The van der Waals surface area contributed by atoms with Crippen molar-refractivity contribution in [3.63, 3.8) is 0 Å². The molecule has 5 heteroatoms. The summed E-state index contributed by atoms with van der Waals surface area (Å²) in [6.45, 7) is 2.62. The first-order chi connectivity index (χ1) is 8.19. The van der Waals surface area contributed by atoms with Crippen LogP contribution in [-0.4, -0.2) is 26.1 Å². The molecule has 1 aromatic rings. The third-order valence-electron chi connectivity index (χ3n) is 2.72. The Morgan fingerprint density at radius 3 is 2.50 bits per heavy atom. The number of ether oxygens (including phenoxy) is 1. The Balaban J connectivity index is 0.00000289. The van der Waals surface area contributed by atoms with Crippen LogP contribution < -0.4 is 11.1 Å². The number of nitrogens with one attached hydrogen (secondary N) is 1. The summed E-state index contributed by atoms with van der Waals surface area (Å²) in [4.78, 5) is 11.6. The van der Waals surface area contributed by atoms with Gasteiger partial charge in [-0.05, 0) is 5.56 Å². The average molecular weight is 273 g/mol. The molecule has 1 rings (SSSR count). The zero-order valence-corrected chi connectivity index (χ0v) is 11.6. The molecule has 0 bridgehead atoms. The van der Waals surface area contributed by atoms with Crippen LogP contribution in [0.4, 0.5) is 0 Å². The van der Waals surface area contributed by atoms with Gasteiger partial charge in [-0.1, -0.05) is 37.3 Å². The lowest BCUT2D eigenvalue weighted by Crippen LogP contribution is -2.36. The maximum atomic E-state index is 11.6. The fourth-order valence-electron chi connectivity index (χ4n) is 1.48. The molecule has 0 spiro atoms. The summed E-state index contributed by atoms with van der Waals surface area (Å²) in [7, 11) is 1.64. The van der Waals surface area contributed by atoms with Crippen LogP contribution in [0.3, 0.4) is 0 Å². The van der Waals surface area contributed by atoms with E-state index in [9.17, 15) is 4.79 Å². The third-order valence-corrected chi connectivity index (χ3v) is 2.72. The van der Waals surface area contributed by atoms with Crippen LogP contribution in [0.15, 0.2) is 30.3 Å². The zero-order chi connectivity index (χ0) is 12.7. The molecule has 1 amide bonds. The lowest BCUT2D eigenvalue weighted by Gasteiger charge is -2.17. The van der Waals surface area contributed by atoms with Gasteiger partial charge in [-0.15, -0.1) is 12.4 Å². The maximum absolute atomic E-state index is 11.6. The number of benzene rings is 1. The lowest BCUT2D eigenvalue weighted by atomic mass is 10.1. The van der Waals surface area contributed by atoms with E-state index in [0.717, 1.165) is 5.56 Å². The maximum Gasteiger partial charge on any atom is 0.224 e. The van der Waals surface area contributed by atoms with Gasteiger partial charge >= 0.3 is 0 Å². The van der Waals surface area contributed by atoms with E-state index < -0.39 is 0 Å². The van der Waals surface area contributed by atoms with Gasteiger partial charge in [-0.2, -0.15) is 0 Å². The summed E-state index contributed by atoms with van der Waals surface area (Å²) >= 11 is 0. The van der Waals surface area contributed by atoms with Crippen molar-refractivity contribution in [1.82, 2.24) is 5.32 Å². The molecule has 3 N–H and O–H groups in total. The second kappa shape index (κ2) is 8.91. The Labute approximate surface area is 114 Å². The Morgan fingerprint density at radius 1 is 1.39 bits per heavy atom. The van der Waals surface area contributed by atoms with Crippen LogP contribution in [0.2, 0.25) is 0 Å². The van der Waals surface area contributed by atoms with Crippen molar-refractivity contribution in [2.75, 3.05) is 20.2 Å². The monoisotopic (exact) mass is 272 g/mol. The molecule has 4 nitrogen and oxygen atoms in total. The number of rotatable bonds is 6. The van der Waals surface area contributed by atoms with Crippen molar-refractivity contribution < 1.29 is 9.53 Å². The van der Waals surface area contributed by atoms with Crippen LogP contribution in [0.5, 0.6) is 0 Å². The number of hydrogen-bond acceptors (Lipinski definition) is 3. The molecule has 102 valence electrons. The minimum absolute atomic E-state index is 0. The number of halogens is 1. The van der Waals surface area contributed by atoms with Gasteiger partial charge in [0.2, 0.25) is 5.91 Å². The Bertz CT molecular complexity index is 346. The van der Waals surface area contributed by atoms with Crippen molar-refractivity contribution in [3.05, 3.63) is 35.9 Å². The summed E-state index contributed by atoms with van der Waals surface area (Å²) in [6, 6.07) is 9.81. The topological polar surface area (TPSA) is 64.3 Å². The second-order valence-electron chi connectivity index (χ2n) is 4.02. The van der Waals surface area contributed by atoms with Gasteiger partial charge in [0.15, 0.2) is 0 Å². The molecule has 2 atom stereocenters. The molecule has 0 saturated carbocycles. The molecular weight excluding hydrogens is 252 g/mol. The van der Waals surface area contributed by atoms with Gasteiger partial charge in [-0.3, -0.25) is 4.79 Å². The SMILES string of the molecule is COC(CNC(=O)C(C)CN)c1ccccc1.Cl. The van der Waals surface area contributed by atoms with Crippen molar-refractivity contribution >= 4 is 18.3 Å². The van der Waals surface area contributed by atoms with Crippen LogP contribution >= 0.6 is 12.4 Å². The zero-order valence-electron chi connectivity index (χ0n) is 10.8. The fourth-order valence-corrected chi connectivity index (χ4v) is 1.48. The fraction of sp³-hybridized carbons (Fsp3) is 0.462. The van der Waals surface area contributed by atoms with E-state index in [-0.39, 0.29) is 30.3 Å². The van der Waals surface area contributed by atoms with E-state index in [2.05, 4.69) is 5.32 Å². The lowest BCUT2D eigenvalue weighted by molar-refractivity contribution is -0.124. The molecule has 2 unspecified atom stereocenters. The first-order valence-corrected chi connectivity index (χ1v) is 5.74. The predicted octanol–water partition coefficient (Wildman–Crippen LogP) is 1.51. The molecule has 0 aliphatic heterocycles. The van der Waals surface area contributed by atoms with E-state index >= 15 is 0 Å². The molecule has 18 heavy (non-hydrogen) atoms. The van der Waals surface area contributed by atoms with Gasteiger partial charge < -0.3 is 15.8 Å². The van der Waals surface area contributed by atoms with E-state index in [1.807, 2.05) is 30.3 Å². The van der Waals surface area contributed by atoms with Crippen molar-refractivity contribution in [2.45, 2.75) is 13.0 Å². The molecular formula is C13H21ClN2O2. The van der Waals surface area contributed by atoms with Crippen LogP contribution in [0.25, 0.3) is 0 Å². The smallest absolute Gasteiger partial charge is 0.224 e. The van der Waals surface area contributed by atoms with Gasteiger partial charge in [0.25, 0.3) is 0 Å². The van der Waals surface area contributed by atoms with Crippen LogP contribution in [-0.2, 0) is 9.53 Å². The summed E-state index contributed by atoms with van der Waals surface area (Å²) in [5.74, 6) is -0.200. The largest absolute Gasteiger partial charge is 0.375 e. The minimum atomic E-state index is -0.164. The van der Waals surface area contributed by atoms with E-state index in [1.54, 1.807) is 14.0 Å². The molecule has 0 saturated heterocycles. The molecule has 0 aliphatic carbocycles. The molecule has 0 heterocycles. The Kier molecular flexibility index (Phi) is 8.37. The molecule has 0 fully saturated rings. The average Bonchev–Trinajstić information content (AvgIpc) is 2.39.